The van der Waals surface area contributed by atoms with E-state index in [0.29, 0.717) is 5.16 Å². The van der Waals surface area contributed by atoms with Gasteiger partial charge in [0.15, 0.2) is 0 Å². The molecular weight excluding hydrogens is 290 g/mol. The third-order valence-electron chi connectivity index (χ3n) is 2.37. The number of methoxy groups -OCH3 is 1. The molecule has 1 aromatic carbocycles. The average Bonchev–Trinajstić information content (AvgIpc) is 2.87. The van der Waals surface area contributed by atoms with Crippen molar-refractivity contribution in [1.82, 2.24) is 20.2 Å². The van der Waals surface area contributed by atoms with E-state index >= 15 is 0 Å². The van der Waals surface area contributed by atoms with Crippen LogP contribution in [-0.4, -0.2) is 33.3 Å². The molecular formula is C11H10F2N4O2S. The molecule has 0 saturated carbocycles. The molecule has 0 fully saturated rings. The summed E-state index contributed by atoms with van der Waals surface area (Å²) < 4.78 is 32.2. The molecule has 20 heavy (non-hydrogen) atoms. The molecule has 0 aliphatic rings. The monoisotopic (exact) mass is 300 g/mol. The summed E-state index contributed by atoms with van der Waals surface area (Å²) in [5.74, 6) is -1.39. The van der Waals surface area contributed by atoms with Gasteiger partial charge in [-0.15, -0.1) is 5.10 Å². The van der Waals surface area contributed by atoms with Gasteiger partial charge in [-0.1, -0.05) is 11.8 Å². The van der Waals surface area contributed by atoms with Crippen LogP contribution in [0.15, 0.2) is 23.4 Å². The molecule has 0 aliphatic heterocycles. The van der Waals surface area contributed by atoms with Crippen molar-refractivity contribution in [2.75, 3.05) is 7.11 Å². The molecule has 0 saturated heterocycles. The minimum absolute atomic E-state index is 0.141. The number of esters is 1. The number of aromatic nitrogens is 4. The first-order chi connectivity index (χ1) is 9.60. The Bertz CT molecular complexity index is 620. The fourth-order valence-corrected chi connectivity index (χ4v) is 2.23. The molecule has 0 unspecified atom stereocenters. The van der Waals surface area contributed by atoms with Crippen LogP contribution in [0.5, 0.6) is 0 Å². The number of thioether (sulfide) groups is 1. The summed E-state index contributed by atoms with van der Waals surface area (Å²) in [7, 11) is 1.25. The van der Waals surface area contributed by atoms with Gasteiger partial charge >= 0.3 is 5.97 Å². The van der Waals surface area contributed by atoms with Crippen molar-refractivity contribution in [3.63, 3.8) is 0 Å². The lowest BCUT2D eigenvalue weighted by Crippen LogP contribution is -2.13. The zero-order valence-corrected chi connectivity index (χ0v) is 11.2. The van der Waals surface area contributed by atoms with E-state index in [0.717, 1.165) is 30.0 Å². The van der Waals surface area contributed by atoms with E-state index in [1.807, 2.05) is 0 Å². The maximum absolute atomic E-state index is 13.5. The molecule has 0 radical (unpaired) electrons. The number of halogens is 2. The third-order valence-corrected chi connectivity index (χ3v) is 3.38. The Balaban J connectivity index is 2.06. The quantitative estimate of drug-likeness (QED) is 0.614. The average molecular weight is 300 g/mol. The fourth-order valence-electron chi connectivity index (χ4n) is 1.38. The second kappa shape index (κ2) is 6.42. The summed E-state index contributed by atoms with van der Waals surface area (Å²) in [5, 5.41) is 11.1. The SMILES string of the molecule is COC(=O)Cn1nnnc1SCc1cc(F)ccc1F. The molecule has 0 spiro atoms. The van der Waals surface area contributed by atoms with Crippen molar-refractivity contribution in [2.45, 2.75) is 17.5 Å². The van der Waals surface area contributed by atoms with Crippen LogP contribution >= 0.6 is 11.8 Å². The van der Waals surface area contributed by atoms with Gasteiger partial charge in [-0.25, -0.2) is 13.5 Å². The maximum Gasteiger partial charge on any atom is 0.327 e. The van der Waals surface area contributed by atoms with Crippen molar-refractivity contribution in [2.24, 2.45) is 0 Å². The van der Waals surface area contributed by atoms with E-state index in [1.54, 1.807) is 0 Å². The van der Waals surface area contributed by atoms with Gasteiger partial charge in [-0.05, 0) is 28.6 Å². The number of hydrogen-bond donors (Lipinski definition) is 0. The van der Waals surface area contributed by atoms with E-state index in [1.165, 1.54) is 11.8 Å². The summed E-state index contributed by atoms with van der Waals surface area (Å²) in [5.41, 5.74) is 0.197. The third kappa shape index (κ3) is 3.50. The minimum Gasteiger partial charge on any atom is -0.468 e. The van der Waals surface area contributed by atoms with Crippen molar-refractivity contribution < 1.29 is 18.3 Å². The Hall–Kier alpha value is -2.03. The van der Waals surface area contributed by atoms with E-state index in [4.69, 9.17) is 0 Å². The number of carbonyl (C=O) groups is 1. The van der Waals surface area contributed by atoms with Crippen LogP contribution in [0, 0.1) is 11.6 Å². The van der Waals surface area contributed by atoms with Crippen LogP contribution in [0.4, 0.5) is 8.78 Å². The van der Waals surface area contributed by atoms with Crippen molar-refractivity contribution in [3.8, 4) is 0 Å². The Morgan fingerprint density at radius 2 is 2.25 bits per heavy atom. The summed E-state index contributed by atoms with van der Waals surface area (Å²) in [6.45, 7) is -0.141. The summed E-state index contributed by atoms with van der Waals surface area (Å²) in [6.07, 6.45) is 0. The van der Waals surface area contributed by atoms with Crippen LogP contribution in [0.25, 0.3) is 0 Å². The Morgan fingerprint density at radius 3 is 3.00 bits per heavy atom. The summed E-state index contributed by atoms with van der Waals surface area (Å²) in [6, 6.07) is 3.21. The predicted molar refractivity (Wildman–Crippen MR) is 65.8 cm³/mol. The highest BCUT2D eigenvalue weighted by molar-refractivity contribution is 7.98. The number of nitrogens with zero attached hydrogens (tertiary/aromatic N) is 4. The smallest absolute Gasteiger partial charge is 0.327 e. The largest absolute Gasteiger partial charge is 0.468 e. The van der Waals surface area contributed by atoms with Crippen LogP contribution in [0.3, 0.4) is 0 Å². The molecule has 2 rings (SSSR count). The van der Waals surface area contributed by atoms with Gasteiger partial charge in [0.05, 0.1) is 7.11 Å². The zero-order valence-electron chi connectivity index (χ0n) is 10.4. The second-order valence-corrected chi connectivity index (χ2v) is 4.66. The molecule has 0 N–H and O–H groups in total. The summed E-state index contributed by atoms with van der Waals surface area (Å²) >= 11 is 1.09. The van der Waals surface area contributed by atoms with Gasteiger partial charge in [0.25, 0.3) is 0 Å². The highest BCUT2D eigenvalue weighted by Crippen LogP contribution is 2.22. The Labute approximate surface area is 117 Å². The molecule has 0 amide bonds. The number of ether oxygens (including phenoxy) is 1. The van der Waals surface area contributed by atoms with Crippen molar-refractivity contribution >= 4 is 17.7 Å². The zero-order chi connectivity index (χ0) is 14.5. The lowest BCUT2D eigenvalue weighted by atomic mass is 10.2. The molecule has 0 atom stereocenters. The van der Waals surface area contributed by atoms with Gasteiger partial charge in [-0.2, -0.15) is 0 Å². The van der Waals surface area contributed by atoms with Gasteiger partial charge in [-0.3, -0.25) is 4.79 Å². The van der Waals surface area contributed by atoms with Crippen LogP contribution in [0.1, 0.15) is 5.56 Å². The van der Waals surface area contributed by atoms with Gasteiger partial charge in [0.2, 0.25) is 5.16 Å². The minimum atomic E-state index is -0.517. The Kier molecular flexibility index (Phi) is 4.61. The molecule has 1 aromatic heterocycles. The van der Waals surface area contributed by atoms with Crippen molar-refractivity contribution in [3.05, 3.63) is 35.4 Å². The number of carbonyl (C=O) groups excluding carboxylic acids is 1. The highest BCUT2D eigenvalue weighted by Gasteiger charge is 2.12. The van der Waals surface area contributed by atoms with Crippen LogP contribution < -0.4 is 0 Å². The number of benzene rings is 1. The van der Waals surface area contributed by atoms with E-state index in [-0.39, 0.29) is 17.9 Å². The second-order valence-electron chi connectivity index (χ2n) is 3.72. The summed E-state index contributed by atoms with van der Waals surface area (Å²) in [4.78, 5) is 11.1. The number of hydrogen-bond acceptors (Lipinski definition) is 6. The molecule has 0 aliphatic carbocycles. The first-order valence-electron chi connectivity index (χ1n) is 5.50. The lowest BCUT2D eigenvalue weighted by molar-refractivity contribution is -0.141. The maximum atomic E-state index is 13.5. The van der Waals surface area contributed by atoms with Crippen molar-refractivity contribution in [1.29, 1.82) is 0 Å². The topological polar surface area (TPSA) is 69.9 Å². The molecule has 9 heteroatoms. The van der Waals surface area contributed by atoms with E-state index in [2.05, 4.69) is 20.3 Å². The van der Waals surface area contributed by atoms with E-state index < -0.39 is 17.6 Å². The number of rotatable bonds is 5. The molecule has 2 aromatic rings. The van der Waals surface area contributed by atoms with Gasteiger partial charge in [0.1, 0.15) is 18.2 Å². The highest BCUT2D eigenvalue weighted by atomic mass is 32.2. The molecule has 6 nitrogen and oxygen atoms in total. The molecule has 0 bridgehead atoms. The first kappa shape index (κ1) is 14.4. The standard InChI is InChI=1S/C11H10F2N4O2S/c1-19-10(18)5-17-11(14-15-16-17)20-6-7-4-8(12)2-3-9(7)13/h2-4H,5-6H2,1H3. The van der Waals surface area contributed by atoms with Gasteiger partial charge < -0.3 is 4.74 Å². The Morgan fingerprint density at radius 1 is 1.45 bits per heavy atom. The van der Waals surface area contributed by atoms with E-state index in [9.17, 15) is 13.6 Å². The van der Waals surface area contributed by atoms with Crippen LogP contribution in [0.2, 0.25) is 0 Å². The molecule has 106 valence electrons. The van der Waals surface area contributed by atoms with Crippen LogP contribution in [-0.2, 0) is 21.8 Å². The number of tetrazole rings is 1. The van der Waals surface area contributed by atoms with Gasteiger partial charge in [0, 0.05) is 11.3 Å². The fraction of sp³-hybridized carbons (Fsp3) is 0.273. The normalized spacial score (nSPS) is 10.6. The first-order valence-corrected chi connectivity index (χ1v) is 6.48. The predicted octanol–water partition coefficient (Wildman–Crippen LogP) is 1.42. The lowest BCUT2D eigenvalue weighted by Gasteiger charge is -2.04. The molecule has 1 heterocycles.